The zero-order chi connectivity index (χ0) is 20.2. The number of rotatable bonds is 5. The minimum Gasteiger partial charge on any atom is -0.497 e. The fraction of sp³-hybridized carbons (Fsp3) is 0.0800. The Morgan fingerprint density at radius 2 is 1.62 bits per heavy atom. The normalized spacial score (nSPS) is 15.0. The Morgan fingerprint density at radius 3 is 2.28 bits per heavy atom. The van der Waals surface area contributed by atoms with Crippen LogP contribution in [0.3, 0.4) is 0 Å². The van der Waals surface area contributed by atoms with Crippen molar-refractivity contribution in [3.63, 3.8) is 0 Å². The third kappa shape index (κ3) is 4.25. The van der Waals surface area contributed by atoms with E-state index in [2.05, 4.69) is 0 Å². The van der Waals surface area contributed by atoms with Gasteiger partial charge in [0.05, 0.1) is 19.4 Å². The van der Waals surface area contributed by atoms with Crippen LogP contribution in [0.25, 0.3) is 11.8 Å². The van der Waals surface area contributed by atoms with E-state index in [1.807, 2.05) is 91.0 Å². The van der Waals surface area contributed by atoms with Crippen LogP contribution in [-0.2, 0) is 11.3 Å². The highest BCUT2D eigenvalue weighted by Crippen LogP contribution is 2.33. The number of halogens is 1. The molecule has 0 saturated carbocycles. The van der Waals surface area contributed by atoms with Crippen molar-refractivity contribution in [2.24, 2.45) is 0 Å². The molecule has 0 aromatic heterocycles. The van der Waals surface area contributed by atoms with E-state index in [4.69, 9.17) is 16.3 Å². The van der Waals surface area contributed by atoms with Crippen molar-refractivity contribution in [3.05, 3.63) is 112 Å². The van der Waals surface area contributed by atoms with E-state index in [1.54, 1.807) is 12.0 Å². The Labute approximate surface area is 175 Å². The number of nitrogens with zero attached hydrogens (tertiary/aromatic N) is 1. The number of hydrogen-bond acceptors (Lipinski definition) is 2. The molecule has 29 heavy (non-hydrogen) atoms. The molecule has 1 heterocycles. The van der Waals surface area contributed by atoms with E-state index in [0.717, 1.165) is 28.1 Å². The molecule has 3 nitrogen and oxygen atoms in total. The number of carbonyl (C=O) groups is 1. The summed E-state index contributed by atoms with van der Waals surface area (Å²) < 4.78 is 5.23. The first kappa shape index (κ1) is 19.0. The average molecular weight is 402 g/mol. The first-order valence-corrected chi connectivity index (χ1v) is 9.71. The second-order valence-electron chi connectivity index (χ2n) is 6.79. The number of ether oxygens (including phenoxy) is 1. The van der Waals surface area contributed by atoms with Crippen LogP contribution in [0.1, 0.15) is 16.7 Å². The van der Waals surface area contributed by atoms with E-state index in [0.29, 0.717) is 17.1 Å². The first-order chi connectivity index (χ1) is 14.1. The summed E-state index contributed by atoms with van der Waals surface area (Å²) in [6.07, 6.45) is 3.87. The van der Waals surface area contributed by atoms with Gasteiger partial charge in [0.15, 0.2) is 0 Å². The summed E-state index contributed by atoms with van der Waals surface area (Å²) >= 11 is 6.05. The van der Waals surface area contributed by atoms with Crippen molar-refractivity contribution < 1.29 is 9.53 Å². The van der Waals surface area contributed by atoms with Crippen LogP contribution < -0.4 is 4.74 Å². The molecular weight excluding hydrogens is 382 g/mol. The number of hydrogen-bond donors (Lipinski definition) is 0. The highest BCUT2D eigenvalue weighted by Gasteiger charge is 2.29. The van der Waals surface area contributed by atoms with Crippen LogP contribution in [0.5, 0.6) is 5.75 Å². The molecule has 0 spiro atoms. The van der Waals surface area contributed by atoms with Crippen LogP contribution in [0.4, 0.5) is 0 Å². The second-order valence-corrected chi connectivity index (χ2v) is 7.22. The summed E-state index contributed by atoms with van der Waals surface area (Å²) in [7, 11) is 1.64. The van der Waals surface area contributed by atoms with Crippen molar-refractivity contribution in [2.45, 2.75) is 6.54 Å². The number of methoxy groups -OCH3 is 1. The predicted octanol–water partition coefficient (Wildman–Crippen LogP) is 5.82. The minimum atomic E-state index is -0.0189. The molecule has 0 radical (unpaired) electrons. The summed E-state index contributed by atoms with van der Waals surface area (Å²) in [5.74, 6) is 0.772. The van der Waals surface area contributed by atoms with Crippen molar-refractivity contribution in [1.82, 2.24) is 4.90 Å². The molecule has 0 N–H and O–H groups in total. The molecule has 1 amide bonds. The van der Waals surface area contributed by atoms with Crippen LogP contribution in [-0.4, -0.2) is 17.9 Å². The van der Waals surface area contributed by atoms with E-state index in [1.165, 1.54) is 0 Å². The van der Waals surface area contributed by atoms with Gasteiger partial charge in [-0.05, 0) is 53.1 Å². The van der Waals surface area contributed by atoms with Crippen LogP contribution in [0.2, 0.25) is 5.02 Å². The van der Waals surface area contributed by atoms with Crippen LogP contribution in [0, 0.1) is 0 Å². The van der Waals surface area contributed by atoms with E-state index >= 15 is 0 Å². The quantitative estimate of drug-likeness (QED) is 0.504. The summed E-state index contributed by atoms with van der Waals surface area (Å²) in [5, 5.41) is 0.667. The van der Waals surface area contributed by atoms with Crippen molar-refractivity contribution in [2.75, 3.05) is 7.11 Å². The lowest BCUT2D eigenvalue weighted by molar-refractivity contribution is -0.123. The van der Waals surface area contributed by atoms with Gasteiger partial charge in [-0.1, -0.05) is 66.2 Å². The van der Waals surface area contributed by atoms with Gasteiger partial charge < -0.3 is 9.64 Å². The fourth-order valence-corrected chi connectivity index (χ4v) is 3.44. The lowest BCUT2D eigenvalue weighted by atomic mass is 10.1. The number of carbonyl (C=O) groups excluding carboxylic acids is 1. The summed E-state index contributed by atoms with van der Waals surface area (Å²) in [4.78, 5) is 15.0. The SMILES string of the molecule is COc1ccc(CN2C(=O)/C(=C/c3ccccc3)C=C2c2ccc(Cl)cc2)cc1. The summed E-state index contributed by atoms with van der Waals surface area (Å²) in [6, 6.07) is 25.2. The summed E-state index contributed by atoms with van der Waals surface area (Å²) in [5.41, 5.74) is 4.50. The molecule has 0 atom stereocenters. The lowest BCUT2D eigenvalue weighted by Gasteiger charge is -2.21. The maximum Gasteiger partial charge on any atom is 0.258 e. The van der Waals surface area contributed by atoms with E-state index in [9.17, 15) is 4.79 Å². The maximum absolute atomic E-state index is 13.2. The zero-order valence-electron chi connectivity index (χ0n) is 16.0. The largest absolute Gasteiger partial charge is 0.497 e. The zero-order valence-corrected chi connectivity index (χ0v) is 16.8. The van der Waals surface area contributed by atoms with Gasteiger partial charge in [-0.3, -0.25) is 4.79 Å². The van der Waals surface area contributed by atoms with Crippen LogP contribution in [0.15, 0.2) is 90.5 Å². The Bertz CT molecular complexity index is 1070. The number of amides is 1. The van der Waals surface area contributed by atoms with Gasteiger partial charge in [-0.2, -0.15) is 0 Å². The molecule has 144 valence electrons. The molecule has 0 saturated heterocycles. The Balaban J connectivity index is 1.70. The molecule has 4 heteroatoms. The third-order valence-corrected chi connectivity index (χ3v) is 5.09. The molecule has 0 unspecified atom stereocenters. The average Bonchev–Trinajstić information content (AvgIpc) is 3.05. The predicted molar refractivity (Wildman–Crippen MR) is 117 cm³/mol. The van der Waals surface area contributed by atoms with Crippen LogP contribution >= 0.6 is 11.6 Å². The van der Waals surface area contributed by atoms with Gasteiger partial charge >= 0.3 is 0 Å². The van der Waals surface area contributed by atoms with Crippen molar-refractivity contribution >= 4 is 29.3 Å². The Morgan fingerprint density at radius 1 is 0.931 bits per heavy atom. The highest BCUT2D eigenvalue weighted by molar-refractivity contribution is 6.30. The smallest absolute Gasteiger partial charge is 0.258 e. The topological polar surface area (TPSA) is 29.5 Å². The van der Waals surface area contributed by atoms with Gasteiger partial charge in [0, 0.05) is 10.6 Å². The molecule has 0 bridgehead atoms. The van der Waals surface area contributed by atoms with Crippen molar-refractivity contribution in [3.8, 4) is 5.75 Å². The van der Waals surface area contributed by atoms with Gasteiger partial charge in [0.2, 0.25) is 0 Å². The van der Waals surface area contributed by atoms with Gasteiger partial charge in [-0.25, -0.2) is 0 Å². The monoisotopic (exact) mass is 401 g/mol. The van der Waals surface area contributed by atoms with E-state index < -0.39 is 0 Å². The summed E-state index contributed by atoms with van der Waals surface area (Å²) in [6.45, 7) is 0.476. The van der Waals surface area contributed by atoms with Crippen molar-refractivity contribution in [1.29, 1.82) is 0 Å². The number of benzene rings is 3. The second kappa shape index (κ2) is 8.38. The minimum absolute atomic E-state index is 0.0189. The molecule has 4 rings (SSSR count). The molecule has 0 aliphatic carbocycles. The standard InChI is InChI=1S/C25H20ClNO2/c1-29-23-13-7-19(8-14-23)17-27-24(20-9-11-22(26)12-10-20)16-21(25(27)28)15-18-5-3-2-4-6-18/h2-16H,17H2,1H3/b21-15+. The molecule has 0 fully saturated rings. The molecule has 1 aliphatic rings. The highest BCUT2D eigenvalue weighted by atomic mass is 35.5. The molecule has 3 aromatic carbocycles. The van der Waals surface area contributed by atoms with Gasteiger partial charge in [0.25, 0.3) is 5.91 Å². The molecule has 3 aromatic rings. The molecular formula is C25H20ClNO2. The Hall–Kier alpha value is -3.30. The lowest BCUT2D eigenvalue weighted by Crippen LogP contribution is -2.25. The van der Waals surface area contributed by atoms with Gasteiger partial charge in [-0.15, -0.1) is 0 Å². The molecule has 1 aliphatic heterocycles. The fourth-order valence-electron chi connectivity index (χ4n) is 3.31. The Kier molecular flexibility index (Phi) is 5.50. The van der Waals surface area contributed by atoms with E-state index in [-0.39, 0.29) is 5.91 Å². The maximum atomic E-state index is 13.2. The third-order valence-electron chi connectivity index (χ3n) is 4.84. The van der Waals surface area contributed by atoms with Gasteiger partial charge in [0.1, 0.15) is 5.75 Å². The first-order valence-electron chi connectivity index (χ1n) is 9.33.